The minimum atomic E-state index is -2.13. The first-order valence-electron chi connectivity index (χ1n) is 11.5. The van der Waals surface area contributed by atoms with Crippen LogP contribution >= 0.6 is 0 Å². The topological polar surface area (TPSA) is 142 Å². The molecule has 2 heterocycles. The number of rotatable bonds is 7. The van der Waals surface area contributed by atoms with Crippen molar-refractivity contribution < 1.29 is 38.9 Å². The van der Waals surface area contributed by atoms with Crippen molar-refractivity contribution in [1.82, 2.24) is 10.2 Å². The molecule has 10 nitrogen and oxygen atoms in total. The molecule has 0 radical (unpaired) electrons. The Hall–Kier alpha value is -3.14. The number of hydrogen-bond donors (Lipinski definition) is 3. The van der Waals surface area contributed by atoms with Crippen molar-refractivity contribution in [2.45, 2.75) is 63.1 Å². The van der Waals surface area contributed by atoms with E-state index in [2.05, 4.69) is 5.32 Å². The van der Waals surface area contributed by atoms with Gasteiger partial charge in [-0.25, -0.2) is 0 Å². The summed E-state index contributed by atoms with van der Waals surface area (Å²) in [4.78, 5) is 53.0. The minimum Gasteiger partial charge on any atom is -0.496 e. The fraction of sp³-hybridized carbons (Fsp3) is 0.583. The van der Waals surface area contributed by atoms with Crippen LogP contribution in [0.15, 0.2) is 12.1 Å². The van der Waals surface area contributed by atoms with Crippen molar-refractivity contribution in [3.8, 4) is 11.5 Å². The number of imide groups is 1. The number of carbonyl (C=O) groups excluding carboxylic acids is 2. The monoisotopic (exact) mass is 474 g/mol. The molecule has 0 aromatic heterocycles. The number of benzene rings is 1. The molecule has 4 atom stereocenters. The van der Waals surface area contributed by atoms with Crippen LogP contribution < -0.4 is 14.8 Å². The molecule has 1 saturated carbocycles. The second-order valence-electron chi connectivity index (χ2n) is 9.33. The molecule has 0 spiro atoms. The van der Waals surface area contributed by atoms with Crippen molar-refractivity contribution >= 4 is 23.8 Å². The number of amides is 2. The first-order valence-corrected chi connectivity index (χ1v) is 11.5. The lowest BCUT2D eigenvalue weighted by atomic mass is 9.77. The van der Waals surface area contributed by atoms with E-state index in [-0.39, 0.29) is 6.04 Å². The smallest absolute Gasteiger partial charge is 0.325 e. The first kappa shape index (κ1) is 24.0. The molecule has 4 rings (SSSR count). The molecule has 2 amide bonds. The lowest BCUT2D eigenvalue weighted by Gasteiger charge is -2.34. The van der Waals surface area contributed by atoms with Crippen LogP contribution in [0.25, 0.3) is 0 Å². The van der Waals surface area contributed by atoms with Crippen LogP contribution in [-0.2, 0) is 19.2 Å². The summed E-state index contributed by atoms with van der Waals surface area (Å²) in [6.07, 6.45) is 3.27. The average molecular weight is 475 g/mol. The summed E-state index contributed by atoms with van der Waals surface area (Å²) in [7, 11) is 2.96. The lowest BCUT2D eigenvalue weighted by Crippen LogP contribution is -2.57. The van der Waals surface area contributed by atoms with E-state index in [4.69, 9.17) is 9.47 Å². The number of hydrogen-bond acceptors (Lipinski definition) is 7. The number of likely N-dealkylation sites (tertiary alicyclic amines) is 1. The summed E-state index contributed by atoms with van der Waals surface area (Å²) in [6.45, 7) is 1.77. The van der Waals surface area contributed by atoms with E-state index in [1.807, 2.05) is 0 Å². The molecule has 3 N–H and O–H groups in total. The van der Waals surface area contributed by atoms with Gasteiger partial charge in [0.05, 0.1) is 32.5 Å². The number of carboxylic acid groups (broad SMARTS) is 2. The maximum absolute atomic E-state index is 13.7. The molecule has 1 aromatic rings. The van der Waals surface area contributed by atoms with Crippen LogP contribution in [0.1, 0.15) is 55.7 Å². The van der Waals surface area contributed by atoms with Gasteiger partial charge < -0.3 is 19.7 Å². The van der Waals surface area contributed by atoms with Gasteiger partial charge in [0.15, 0.2) is 0 Å². The highest BCUT2D eigenvalue weighted by Gasteiger charge is 2.70. The van der Waals surface area contributed by atoms with Gasteiger partial charge in [-0.15, -0.1) is 0 Å². The van der Waals surface area contributed by atoms with Crippen LogP contribution in [0.5, 0.6) is 11.5 Å². The highest BCUT2D eigenvalue weighted by Crippen LogP contribution is 2.53. The Morgan fingerprint density at radius 1 is 1.09 bits per heavy atom. The molecule has 0 bridgehead atoms. The number of carbonyl (C=O) groups is 4. The first-order chi connectivity index (χ1) is 16.2. The molecule has 1 aromatic carbocycles. The minimum absolute atomic E-state index is 0.296. The zero-order valence-electron chi connectivity index (χ0n) is 19.5. The predicted molar refractivity (Wildman–Crippen MR) is 118 cm³/mol. The molecule has 2 aliphatic heterocycles. The van der Waals surface area contributed by atoms with Gasteiger partial charge >= 0.3 is 11.9 Å². The number of fused-ring (bicyclic) bond motifs is 1. The maximum atomic E-state index is 13.7. The molecule has 4 unspecified atom stereocenters. The summed E-state index contributed by atoms with van der Waals surface area (Å²) < 4.78 is 11.0. The van der Waals surface area contributed by atoms with Gasteiger partial charge in [-0.05, 0) is 25.8 Å². The van der Waals surface area contributed by atoms with Gasteiger partial charge in [-0.3, -0.25) is 29.4 Å². The van der Waals surface area contributed by atoms with Crippen LogP contribution in [-0.4, -0.2) is 64.7 Å². The average Bonchev–Trinajstić information content (AvgIpc) is 3.27. The van der Waals surface area contributed by atoms with Gasteiger partial charge in [0.1, 0.15) is 17.0 Å². The Balaban J connectivity index is 1.87. The van der Waals surface area contributed by atoms with Gasteiger partial charge in [0, 0.05) is 23.2 Å². The third kappa shape index (κ3) is 3.51. The highest BCUT2D eigenvalue weighted by molar-refractivity contribution is 6.10. The van der Waals surface area contributed by atoms with Crippen LogP contribution in [0, 0.1) is 18.8 Å². The van der Waals surface area contributed by atoms with E-state index >= 15 is 0 Å². The van der Waals surface area contributed by atoms with E-state index in [1.54, 1.807) is 19.1 Å². The normalized spacial score (nSPS) is 29.3. The number of nitrogens with one attached hydrogen (secondary N) is 1. The Labute approximate surface area is 197 Å². The van der Waals surface area contributed by atoms with Gasteiger partial charge in [-0.2, -0.15) is 0 Å². The summed E-state index contributed by atoms with van der Waals surface area (Å²) in [5.74, 6) is -5.37. The zero-order chi connectivity index (χ0) is 24.8. The third-order valence-corrected chi connectivity index (χ3v) is 7.59. The highest BCUT2D eigenvalue weighted by atomic mass is 16.5. The van der Waals surface area contributed by atoms with E-state index in [1.165, 1.54) is 19.1 Å². The lowest BCUT2D eigenvalue weighted by molar-refractivity contribution is -0.156. The summed E-state index contributed by atoms with van der Waals surface area (Å²) in [5.41, 5.74) is -1.00. The van der Waals surface area contributed by atoms with Crippen molar-refractivity contribution in [2.24, 2.45) is 11.8 Å². The van der Waals surface area contributed by atoms with Gasteiger partial charge in [0.25, 0.3) is 0 Å². The van der Waals surface area contributed by atoms with Crippen LogP contribution in [0.3, 0.4) is 0 Å². The molecule has 2 saturated heterocycles. The number of aliphatic carboxylic acids is 2. The molecular weight excluding hydrogens is 444 g/mol. The second kappa shape index (κ2) is 8.90. The molecule has 3 fully saturated rings. The number of carboxylic acids is 2. The molecular formula is C24H30N2O8. The van der Waals surface area contributed by atoms with E-state index < -0.39 is 53.6 Å². The molecule has 184 valence electrons. The maximum Gasteiger partial charge on any atom is 0.325 e. The standard InChI is InChI=1S/C24H30N2O8/c1-12-15(33-2)10-9-14(20(12)34-3)19-17-18(24(25-19,23(31)32)11-16(27)28)22(30)26(21(17)29)13-7-5-4-6-8-13/h9-10,13,17-19,25H,4-8,11H2,1-3H3,(H,27,28)(H,31,32). The Bertz CT molecular complexity index is 1030. The number of methoxy groups -OCH3 is 2. The second-order valence-corrected chi connectivity index (χ2v) is 9.33. The van der Waals surface area contributed by atoms with Gasteiger partial charge in [-0.1, -0.05) is 25.3 Å². The molecule has 1 aliphatic carbocycles. The third-order valence-electron chi connectivity index (χ3n) is 7.59. The predicted octanol–water partition coefficient (Wildman–Crippen LogP) is 1.89. The quantitative estimate of drug-likeness (QED) is 0.505. The summed E-state index contributed by atoms with van der Waals surface area (Å²) in [6, 6.07) is 2.13. The van der Waals surface area contributed by atoms with E-state index in [0.717, 1.165) is 19.3 Å². The van der Waals surface area contributed by atoms with Crippen molar-refractivity contribution in [3.05, 3.63) is 23.3 Å². The van der Waals surface area contributed by atoms with E-state index in [0.29, 0.717) is 35.5 Å². The van der Waals surface area contributed by atoms with Crippen molar-refractivity contribution in [2.75, 3.05) is 14.2 Å². The van der Waals surface area contributed by atoms with Crippen molar-refractivity contribution in [1.29, 1.82) is 0 Å². The fourth-order valence-electron chi connectivity index (χ4n) is 6.10. The van der Waals surface area contributed by atoms with E-state index in [9.17, 15) is 29.4 Å². The Morgan fingerprint density at radius 3 is 2.32 bits per heavy atom. The summed E-state index contributed by atoms with van der Waals surface area (Å²) >= 11 is 0. The van der Waals surface area contributed by atoms with Crippen LogP contribution in [0.2, 0.25) is 0 Å². The zero-order valence-corrected chi connectivity index (χ0v) is 19.5. The summed E-state index contributed by atoms with van der Waals surface area (Å²) in [5, 5.41) is 22.7. The molecule has 3 aliphatic rings. The Morgan fingerprint density at radius 2 is 1.76 bits per heavy atom. The SMILES string of the molecule is COc1ccc(C2NC(CC(=O)O)(C(=O)O)C3C(=O)N(C4CCCCC4)C(=O)C23)c(OC)c1C. The molecule has 34 heavy (non-hydrogen) atoms. The van der Waals surface area contributed by atoms with Crippen LogP contribution in [0.4, 0.5) is 0 Å². The van der Waals surface area contributed by atoms with Crippen molar-refractivity contribution in [3.63, 3.8) is 0 Å². The Kier molecular flexibility index (Phi) is 6.28. The number of ether oxygens (including phenoxy) is 2. The largest absolute Gasteiger partial charge is 0.496 e. The molecule has 10 heteroatoms. The van der Waals surface area contributed by atoms with Gasteiger partial charge in [0.2, 0.25) is 11.8 Å². The number of nitrogens with zero attached hydrogens (tertiary/aromatic N) is 1. The fourth-order valence-corrected chi connectivity index (χ4v) is 6.10.